The highest BCUT2D eigenvalue weighted by atomic mass is 16.5. The normalized spacial score (nSPS) is 11.0. The summed E-state index contributed by atoms with van der Waals surface area (Å²) < 4.78 is 10.1. The van der Waals surface area contributed by atoms with Crippen molar-refractivity contribution in [3.63, 3.8) is 0 Å². The van der Waals surface area contributed by atoms with Crippen LogP contribution in [0.25, 0.3) is 0 Å². The minimum atomic E-state index is -1.14. The van der Waals surface area contributed by atoms with Gasteiger partial charge in [-0.2, -0.15) is 0 Å². The first-order valence-corrected chi connectivity index (χ1v) is 8.24. The number of esters is 1. The minimum absolute atomic E-state index is 0.180. The van der Waals surface area contributed by atoms with E-state index in [2.05, 4.69) is 10.9 Å². The minimum Gasteiger partial charge on any atom is -0.484 e. The molecule has 0 radical (unpaired) electrons. The van der Waals surface area contributed by atoms with Gasteiger partial charge in [-0.15, -0.1) is 0 Å². The molecule has 0 unspecified atom stereocenters. The molecule has 0 aromatic heterocycles. The third-order valence-electron chi connectivity index (χ3n) is 3.46. The average molecular weight is 385 g/mol. The van der Waals surface area contributed by atoms with Crippen molar-refractivity contribution in [1.82, 2.24) is 10.9 Å². The van der Waals surface area contributed by atoms with Gasteiger partial charge in [0.2, 0.25) is 0 Å². The van der Waals surface area contributed by atoms with Crippen molar-refractivity contribution >= 4 is 23.7 Å². The number of nitrogens with two attached hydrogens (primary N) is 1. The Morgan fingerprint density at radius 2 is 1.57 bits per heavy atom. The Balaban J connectivity index is 1.83. The Kier molecular flexibility index (Phi) is 7.09. The van der Waals surface area contributed by atoms with Gasteiger partial charge in [-0.25, -0.2) is 4.79 Å². The SMILES string of the molecule is C[C@H](OC(=O)c1ccc(OCC(N)=O)cc1)C(=O)NNC(=O)c1ccccc1. The summed E-state index contributed by atoms with van der Waals surface area (Å²) >= 11 is 0. The van der Waals surface area contributed by atoms with E-state index in [1.54, 1.807) is 30.3 Å². The van der Waals surface area contributed by atoms with E-state index in [9.17, 15) is 19.2 Å². The lowest BCUT2D eigenvalue weighted by molar-refractivity contribution is -0.129. The van der Waals surface area contributed by atoms with E-state index < -0.39 is 29.8 Å². The fourth-order valence-corrected chi connectivity index (χ4v) is 2.01. The number of benzene rings is 2. The number of hydrogen-bond donors (Lipinski definition) is 3. The first kappa shape index (κ1) is 20.4. The van der Waals surface area contributed by atoms with Crippen LogP contribution in [0.2, 0.25) is 0 Å². The monoisotopic (exact) mass is 385 g/mol. The molecule has 9 heteroatoms. The van der Waals surface area contributed by atoms with Crippen molar-refractivity contribution in [1.29, 1.82) is 0 Å². The highest BCUT2D eigenvalue weighted by molar-refractivity contribution is 5.96. The zero-order chi connectivity index (χ0) is 20.5. The van der Waals surface area contributed by atoms with E-state index in [-0.39, 0.29) is 12.2 Å². The Morgan fingerprint density at radius 1 is 0.929 bits per heavy atom. The van der Waals surface area contributed by atoms with Gasteiger partial charge in [0.05, 0.1) is 5.56 Å². The Morgan fingerprint density at radius 3 is 2.18 bits per heavy atom. The van der Waals surface area contributed by atoms with Crippen molar-refractivity contribution < 1.29 is 28.7 Å². The first-order chi connectivity index (χ1) is 13.4. The topological polar surface area (TPSA) is 137 Å². The average Bonchev–Trinajstić information content (AvgIpc) is 2.71. The predicted molar refractivity (Wildman–Crippen MR) is 98.1 cm³/mol. The molecule has 0 bridgehead atoms. The standard InChI is InChI=1S/C19H19N3O6/c1-12(17(24)21-22-18(25)13-5-3-2-4-6-13)28-19(26)14-7-9-15(10-8-14)27-11-16(20)23/h2-10,12H,11H2,1H3,(H2,20,23)(H,21,24)(H,22,25)/t12-/m0/s1. The van der Waals surface area contributed by atoms with Crippen molar-refractivity contribution in [3.05, 3.63) is 65.7 Å². The van der Waals surface area contributed by atoms with Crippen LogP contribution >= 0.6 is 0 Å². The summed E-state index contributed by atoms with van der Waals surface area (Å²) in [5, 5.41) is 0. The molecule has 4 N–H and O–H groups in total. The zero-order valence-corrected chi connectivity index (χ0v) is 15.0. The van der Waals surface area contributed by atoms with Crippen molar-refractivity contribution in [2.75, 3.05) is 6.61 Å². The molecule has 0 spiro atoms. The number of nitrogens with one attached hydrogen (secondary N) is 2. The maximum absolute atomic E-state index is 12.1. The van der Waals surface area contributed by atoms with Crippen molar-refractivity contribution in [3.8, 4) is 5.75 Å². The van der Waals surface area contributed by atoms with Crippen LogP contribution in [0.3, 0.4) is 0 Å². The lowest BCUT2D eigenvalue weighted by Gasteiger charge is -2.14. The quantitative estimate of drug-likeness (QED) is 0.470. The van der Waals surface area contributed by atoms with Crippen LogP contribution in [0.1, 0.15) is 27.6 Å². The Labute approximate surface area is 160 Å². The van der Waals surface area contributed by atoms with Gasteiger partial charge >= 0.3 is 5.97 Å². The van der Waals surface area contributed by atoms with Crippen LogP contribution in [-0.2, 0) is 14.3 Å². The molecule has 3 amide bonds. The Bertz CT molecular complexity index is 852. The summed E-state index contributed by atoms with van der Waals surface area (Å²) in [5.74, 6) is -2.20. The number of primary amides is 1. The lowest BCUT2D eigenvalue weighted by Crippen LogP contribution is -2.46. The van der Waals surface area contributed by atoms with E-state index in [1.807, 2.05) is 0 Å². The number of hydrazine groups is 1. The number of amides is 3. The van der Waals surface area contributed by atoms with Gasteiger partial charge in [-0.3, -0.25) is 25.2 Å². The van der Waals surface area contributed by atoms with E-state index in [4.69, 9.17) is 15.2 Å². The molecule has 1 atom stereocenters. The van der Waals surface area contributed by atoms with E-state index in [0.29, 0.717) is 11.3 Å². The third kappa shape index (κ3) is 6.13. The zero-order valence-electron chi connectivity index (χ0n) is 15.0. The number of ether oxygens (including phenoxy) is 2. The van der Waals surface area contributed by atoms with Crippen LogP contribution in [0, 0.1) is 0 Å². The second-order valence-corrected chi connectivity index (χ2v) is 5.64. The summed E-state index contributed by atoms with van der Waals surface area (Å²) in [6, 6.07) is 14.1. The molecule has 2 aromatic rings. The van der Waals surface area contributed by atoms with E-state index in [0.717, 1.165) is 0 Å². The number of carbonyl (C=O) groups excluding carboxylic acids is 4. The van der Waals surface area contributed by atoms with Crippen LogP contribution in [0.5, 0.6) is 5.75 Å². The van der Waals surface area contributed by atoms with Gasteiger partial charge in [-0.05, 0) is 43.3 Å². The lowest BCUT2D eigenvalue weighted by atomic mass is 10.2. The summed E-state index contributed by atoms with van der Waals surface area (Å²) in [6.45, 7) is 1.09. The number of hydrogen-bond acceptors (Lipinski definition) is 6. The molecule has 28 heavy (non-hydrogen) atoms. The Hall–Kier alpha value is -3.88. The van der Waals surface area contributed by atoms with Crippen LogP contribution < -0.4 is 21.3 Å². The van der Waals surface area contributed by atoms with Crippen molar-refractivity contribution in [2.24, 2.45) is 5.73 Å². The molecule has 0 heterocycles. The second-order valence-electron chi connectivity index (χ2n) is 5.64. The molecule has 2 aromatic carbocycles. The molecule has 0 saturated heterocycles. The van der Waals surface area contributed by atoms with Crippen molar-refractivity contribution in [2.45, 2.75) is 13.0 Å². The molecule has 0 fully saturated rings. The van der Waals surface area contributed by atoms with Crippen LogP contribution in [0.4, 0.5) is 0 Å². The summed E-state index contributed by atoms with van der Waals surface area (Å²) in [4.78, 5) is 46.6. The second kappa shape index (κ2) is 9.72. The maximum Gasteiger partial charge on any atom is 0.338 e. The maximum atomic E-state index is 12.1. The van der Waals surface area contributed by atoms with Gasteiger partial charge in [0.25, 0.3) is 17.7 Å². The van der Waals surface area contributed by atoms with E-state index in [1.165, 1.54) is 31.2 Å². The highest BCUT2D eigenvalue weighted by Gasteiger charge is 2.19. The molecular formula is C19H19N3O6. The predicted octanol–water partition coefficient (Wildman–Crippen LogP) is 0.557. The first-order valence-electron chi connectivity index (χ1n) is 8.24. The fourth-order valence-electron chi connectivity index (χ4n) is 2.01. The van der Waals surface area contributed by atoms with Gasteiger partial charge in [0, 0.05) is 5.56 Å². The summed E-state index contributed by atoms with van der Waals surface area (Å²) in [6.07, 6.45) is -1.14. The molecule has 146 valence electrons. The van der Waals surface area contributed by atoms with Gasteiger partial charge in [-0.1, -0.05) is 18.2 Å². The summed E-state index contributed by atoms with van der Waals surface area (Å²) in [5.41, 5.74) is 9.96. The largest absolute Gasteiger partial charge is 0.484 e. The number of rotatable bonds is 7. The molecular weight excluding hydrogens is 366 g/mol. The molecule has 0 aliphatic rings. The van der Waals surface area contributed by atoms with Gasteiger partial charge in [0.15, 0.2) is 12.7 Å². The number of carbonyl (C=O) groups is 4. The van der Waals surface area contributed by atoms with E-state index >= 15 is 0 Å². The van der Waals surface area contributed by atoms with Gasteiger partial charge < -0.3 is 15.2 Å². The smallest absolute Gasteiger partial charge is 0.338 e. The molecule has 2 rings (SSSR count). The molecule has 0 aliphatic heterocycles. The van der Waals surface area contributed by atoms with Crippen LogP contribution in [-0.4, -0.2) is 36.4 Å². The third-order valence-corrected chi connectivity index (χ3v) is 3.46. The molecule has 9 nitrogen and oxygen atoms in total. The summed E-state index contributed by atoms with van der Waals surface area (Å²) in [7, 11) is 0. The fraction of sp³-hybridized carbons (Fsp3) is 0.158. The highest BCUT2D eigenvalue weighted by Crippen LogP contribution is 2.13. The van der Waals surface area contributed by atoms with Crippen LogP contribution in [0.15, 0.2) is 54.6 Å². The molecule has 0 aliphatic carbocycles. The van der Waals surface area contributed by atoms with Gasteiger partial charge in [0.1, 0.15) is 5.75 Å². The molecule has 0 saturated carbocycles.